The minimum Gasteiger partial charge on any atom is -0.383 e. The molecule has 6 heteroatoms. The van der Waals surface area contributed by atoms with Crippen molar-refractivity contribution in [3.63, 3.8) is 0 Å². The molecular formula is C18H15N5O. The first-order chi connectivity index (χ1) is 11.7. The molecule has 6 nitrogen and oxygen atoms in total. The monoisotopic (exact) mass is 317 g/mol. The Bertz CT molecular complexity index is 956. The van der Waals surface area contributed by atoms with Crippen LogP contribution in [0, 0.1) is 11.3 Å². The highest BCUT2D eigenvalue weighted by Crippen LogP contribution is 2.40. The first-order valence-electron chi connectivity index (χ1n) is 7.64. The average molecular weight is 317 g/mol. The summed E-state index contributed by atoms with van der Waals surface area (Å²) in [6, 6.07) is 13.8. The van der Waals surface area contributed by atoms with Gasteiger partial charge >= 0.3 is 0 Å². The van der Waals surface area contributed by atoms with Crippen LogP contribution in [0.5, 0.6) is 0 Å². The molecule has 4 rings (SSSR count). The first kappa shape index (κ1) is 14.4. The lowest BCUT2D eigenvalue weighted by molar-refractivity contribution is 0.0780. The molecule has 0 fully saturated rings. The van der Waals surface area contributed by atoms with Crippen molar-refractivity contribution in [2.24, 2.45) is 0 Å². The Balaban J connectivity index is 2.01. The van der Waals surface area contributed by atoms with Gasteiger partial charge in [-0.2, -0.15) is 10.4 Å². The van der Waals surface area contributed by atoms with Gasteiger partial charge in [0.25, 0.3) is 0 Å². The Hall–Kier alpha value is -3.17. The molecule has 2 N–H and O–H groups in total. The Kier molecular flexibility index (Phi) is 3.29. The molecule has 1 aliphatic heterocycles. The van der Waals surface area contributed by atoms with Crippen LogP contribution < -0.4 is 5.73 Å². The molecule has 0 saturated heterocycles. The second kappa shape index (κ2) is 5.48. The molecule has 0 bridgehead atoms. The third-order valence-electron chi connectivity index (χ3n) is 4.23. The van der Waals surface area contributed by atoms with Crippen LogP contribution in [0.1, 0.15) is 29.8 Å². The van der Waals surface area contributed by atoms with E-state index < -0.39 is 0 Å². The fraction of sp³-hybridized carbons (Fsp3) is 0.167. The van der Waals surface area contributed by atoms with Crippen LogP contribution in [0.25, 0.3) is 16.9 Å². The average Bonchev–Trinajstić information content (AvgIpc) is 3.22. The maximum absolute atomic E-state index is 9.62. The molecule has 2 aromatic heterocycles. The number of ether oxygens (including phenoxy) is 1. The number of nitriles is 1. The van der Waals surface area contributed by atoms with Crippen molar-refractivity contribution in [1.29, 1.82) is 5.26 Å². The van der Waals surface area contributed by atoms with Gasteiger partial charge < -0.3 is 10.5 Å². The van der Waals surface area contributed by atoms with Crippen LogP contribution in [-0.4, -0.2) is 14.8 Å². The van der Waals surface area contributed by atoms with Crippen molar-refractivity contribution in [2.45, 2.75) is 19.6 Å². The lowest BCUT2D eigenvalue weighted by Gasteiger charge is -2.14. The summed E-state index contributed by atoms with van der Waals surface area (Å²) in [5, 5.41) is 14.0. The minimum atomic E-state index is -0.137. The molecule has 3 heterocycles. The summed E-state index contributed by atoms with van der Waals surface area (Å²) >= 11 is 0. The van der Waals surface area contributed by atoms with Crippen LogP contribution in [0.3, 0.4) is 0 Å². The van der Waals surface area contributed by atoms with Gasteiger partial charge in [-0.1, -0.05) is 18.2 Å². The Morgan fingerprint density at radius 2 is 2.08 bits per heavy atom. The number of hydrogen-bond donors (Lipinski definition) is 1. The quantitative estimate of drug-likeness (QED) is 0.784. The molecule has 3 aromatic rings. The highest BCUT2D eigenvalue weighted by Gasteiger charge is 2.29. The largest absolute Gasteiger partial charge is 0.383 e. The summed E-state index contributed by atoms with van der Waals surface area (Å²) in [6.45, 7) is 2.34. The Labute approximate surface area is 139 Å². The second-order valence-corrected chi connectivity index (χ2v) is 5.64. The fourth-order valence-corrected chi connectivity index (χ4v) is 3.09. The van der Waals surface area contributed by atoms with Gasteiger partial charge in [0.15, 0.2) is 0 Å². The lowest BCUT2D eigenvalue weighted by atomic mass is 9.97. The van der Waals surface area contributed by atoms with E-state index in [9.17, 15) is 5.26 Å². The number of aromatic nitrogens is 3. The number of pyridine rings is 1. The first-order valence-corrected chi connectivity index (χ1v) is 7.64. The van der Waals surface area contributed by atoms with Gasteiger partial charge in [0.05, 0.1) is 36.0 Å². The van der Waals surface area contributed by atoms with E-state index in [4.69, 9.17) is 10.5 Å². The zero-order valence-electron chi connectivity index (χ0n) is 13.1. The summed E-state index contributed by atoms with van der Waals surface area (Å²) in [5.74, 6) is 0.226. The lowest BCUT2D eigenvalue weighted by Crippen LogP contribution is -2.07. The van der Waals surface area contributed by atoms with Crippen molar-refractivity contribution in [3.8, 4) is 23.0 Å². The molecule has 1 aliphatic rings. The van der Waals surface area contributed by atoms with E-state index in [2.05, 4.69) is 16.2 Å². The van der Waals surface area contributed by atoms with E-state index in [1.807, 2.05) is 43.3 Å². The number of benzene rings is 1. The van der Waals surface area contributed by atoms with Crippen molar-refractivity contribution in [2.75, 3.05) is 5.73 Å². The second-order valence-electron chi connectivity index (χ2n) is 5.64. The van der Waals surface area contributed by atoms with Crippen LogP contribution >= 0.6 is 0 Å². The summed E-state index contributed by atoms with van der Waals surface area (Å²) in [6.07, 6.45) is 1.58. The van der Waals surface area contributed by atoms with Gasteiger partial charge in [0, 0.05) is 11.1 Å². The normalized spacial score (nSPS) is 15.9. The molecule has 0 saturated carbocycles. The molecule has 118 valence electrons. The van der Waals surface area contributed by atoms with E-state index in [-0.39, 0.29) is 11.9 Å². The summed E-state index contributed by atoms with van der Waals surface area (Å²) in [4.78, 5) is 4.38. The highest BCUT2D eigenvalue weighted by atomic mass is 16.5. The van der Waals surface area contributed by atoms with Gasteiger partial charge in [0.1, 0.15) is 17.5 Å². The predicted molar refractivity (Wildman–Crippen MR) is 89.1 cm³/mol. The van der Waals surface area contributed by atoms with E-state index >= 15 is 0 Å². The van der Waals surface area contributed by atoms with Gasteiger partial charge in [0.2, 0.25) is 0 Å². The number of rotatable bonds is 2. The van der Waals surface area contributed by atoms with E-state index in [1.54, 1.807) is 10.9 Å². The Morgan fingerprint density at radius 3 is 2.83 bits per heavy atom. The van der Waals surface area contributed by atoms with E-state index in [1.165, 1.54) is 0 Å². The van der Waals surface area contributed by atoms with Crippen LogP contribution in [0.4, 0.5) is 5.82 Å². The summed E-state index contributed by atoms with van der Waals surface area (Å²) in [7, 11) is 0. The standard InChI is InChI=1S/C18H15N5O/c1-11-17-14(10-24-11)16(13(9-19)18(20)22-17)15-7-8-21-23(15)12-5-3-2-4-6-12/h2-8,11H,10H2,1H3,(H2,20,22). The molecular weight excluding hydrogens is 302 g/mol. The van der Waals surface area contributed by atoms with Crippen LogP contribution in [0.15, 0.2) is 42.6 Å². The zero-order valence-corrected chi connectivity index (χ0v) is 13.1. The van der Waals surface area contributed by atoms with Crippen molar-refractivity contribution >= 4 is 5.82 Å². The van der Waals surface area contributed by atoms with Crippen LogP contribution in [-0.2, 0) is 11.3 Å². The number of anilines is 1. The number of fused-ring (bicyclic) bond motifs is 1. The minimum absolute atomic E-state index is 0.137. The van der Waals surface area contributed by atoms with Gasteiger partial charge in [-0.3, -0.25) is 0 Å². The molecule has 0 spiro atoms. The summed E-state index contributed by atoms with van der Waals surface area (Å²) < 4.78 is 7.51. The summed E-state index contributed by atoms with van der Waals surface area (Å²) in [5.41, 5.74) is 10.6. The third-order valence-corrected chi connectivity index (χ3v) is 4.23. The molecule has 1 atom stereocenters. The molecule has 1 aromatic carbocycles. The number of para-hydroxylation sites is 1. The number of nitrogen functional groups attached to an aromatic ring is 1. The molecule has 0 aliphatic carbocycles. The highest BCUT2D eigenvalue weighted by molar-refractivity contribution is 5.78. The van der Waals surface area contributed by atoms with Crippen molar-refractivity contribution in [1.82, 2.24) is 14.8 Å². The van der Waals surface area contributed by atoms with E-state index in [0.717, 1.165) is 28.2 Å². The number of nitrogens with zero attached hydrogens (tertiary/aromatic N) is 4. The van der Waals surface area contributed by atoms with Gasteiger partial charge in [-0.15, -0.1) is 0 Å². The zero-order chi connectivity index (χ0) is 16.7. The number of nitrogens with two attached hydrogens (primary N) is 1. The van der Waals surface area contributed by atoms with Gasteiger partial charge in [-0.05, 0) is 25.1 Å². The molecule has 24 heavy (non-hydrogen) atoms. The van der Waals surface area contributed by atoms with Crippen LogP contribution in [0.2, 0.25) is 0 Å². The van der Waals surface area contributed by atoms with E-state index in [0.29, 0.717) is 12.2 Å². The smallest absolute Gasteiger partial charge is 0.142 e. The fourth-order valence-electron chi connectivity index (χ4n) is 3.09. The molecule has 0 amide bonds. The van der Waals surface area contributed by atoms with Gasteiger partial charge in [-0.25, -0.2) is 9.67 Å². The molecule has 0 radical (unpaired) electrons. The maximum Gasteiger partial charge on any atom is 0.142 e. The SMILES string of the molecule is CC1OCc2c1nc(N)c(C#N)c2-c1ccnn1-c1ccccc1. The van der Waals surface area contributed by atoms with Crippen molar-refractivity contribution in [3.05, 3.63) is 59.4 Å². The molecule has 1 unspecified atom stereocenters. The number of hydrogen-bond acceptors (Lipinski definition) is 5. The predicted octanol–water partition coefficient (Wildman–Crippen LogP) is 2.98. The topological polar surface area (TPSA) is 89.8 Å². The Morgan fingerprint density at radius 1 is 1.29 bits per heavy atom. The third kappa shape index (κ3) is 2.07. The maximum atomic E-state index is 9.62. The van der Waals surface area contributed by atoms with Crippen molar-refractivity contribution < 1.29 is 4.74 Å².